The largest absolute Gasteiger partial charge is 0.355 e. The van der Waals surface area contributed by atoms with Crippen LogP contribution >= 0.6 is 12.4 Å². The van der Waals surface area contributed by atoms with Crippen LogP contribution in [-0.4, -0.2) is 66.3 Å². The molecule has 3 aromatic rings. The fourth-order valence-electron chi connectivity index (χ4n) is 4.62. The molecule has 2 atom stereocenters. The van der Waals surface area contributed by atoms with Crippen LogP contribution < -0.4 is 15.4 Å². The van der Waals surface area contributed by atoms with Crippen molar-refractivity contribution >= 4 is 45.5 Å². The Morgan fingerprint density at radius 1 is 1.31 bits per heavy atom. The highest BCUT2D eigenvalue weighted by molar-refractivity contribution is 7.92. The summed E-state index contributed by atoms with van der Waals surface area (Å²) >= 11 is 0. The second-order valence-electron chi connectivity index (χ2n) is 9.38. The van der Waals surface area contributed by atoms with Crippen molar-refractivity contribution in [1.82, 2.24) is 19.5 Å². The molecule has 0 spiro atoms. The third kappa shape index (κ3) is 5.74. The number of hydrogen-bond acceptors (Lipinski definition) is 7. The molecule has 36 heavy (non-hydrogen) atoms. The van der Waals surface area contributed by atoms with Crippen molar-refractivity contribution in [2.45, 2.75) is 45.7 Å². The number of rotatable bonds is 7. The standard InChI is InChI=1S/C24H33N7O3S.ClH/c1-6-21(29(4)24(32)18-8-7-15(2)11-19(18)28-35(5,33)34)20-12-22-26-23(16(3)13-31(22)27-20)30-10-9-17(25)14-30;/h7-8,11-13,17,21,28H,6,9-10,14,25H2,1-5H3;1H/t17-,21-;/m0./s1. The number of benzene rings is 1. The molecule has 196 valence electrons. The average Bonchev–Trinajstić information content (AvgIpc) is 3.37. The van der Waals surface area contributed by atoms with E-state index in [-0.39, 0.29) is 41.6 Å². The van der Waals surface area contributed by atoms with Gasteiger partial charge in [0.2, 0.25) is 10.0 Å². The first-order valence-corrected chi connectivity index (χ1v) is 13.6. The molecule has 1 aromatic carbocycles. The minimum absolute atomic E-state index is 0. The maximum Gasteiger partial charge on any atom is 0.256 e. The number of sulfonamides is 1. The number of nitrogens with two attached hydrogens (primary N) is 1. The van der Waals surface area contributed by atoms with E-state index in [0.717, 1.165) is 48.4 Å². The highest BCUT2D eigenvalue weighted by atomic mass is 35.5. The Hall–Kier alpha value is -2.89. The van der Waals surface area contributed by atoms with Gasteiger partial charge in [-0.15, -0.1) is 12.4 Å². The SMILES string of the molecule is CC[C@@H](c1cc2nc(N3CC[C@H](N)C3)c(C)cn2n1)N(C)C(=O)c1ccc(C)cc1NS(C)(=O)=O.Cl. The van der Waals surface area contributed by atoms with Gasteiger partial charge in [0.15, 0.2) is 5.65 Å². The molecule has 0 bridgehead atoms. The average molecular weight is 536 g/mol. The summed E-state index contributed by atoms with van der Waals surface area (Å²) in [5.41, 5.74) is 9.91. The Morgan fingerprint density at radius 3 is 2.64 bits per heavy atom. The van der Waals surface area contributed by atoms with Gasteiger partial charge in [-0.2, -0.15) is 5.10 Å². The summed E-state index contributed by atoms with van der Waals surface area (Å²) in [4.78, 5) is 22.1. The number of hydrogen-bond donors (Lipinski definition) is 2. The molecule has 1 amide bonds. The van der Waals surface area contributed by atoms with E-state index in [1.165, 1.54) is 0 Å². The first-order chi connectivity index (χ1) is 16.5. The summed E-state index contributed by atoms with van der Waals surface area (Å²) in [6.45, 7) is 7.49. The lowest BCUT2D eigenvalue weighted by Gasteiger charge is -2.27. The van der Waals surface area contributed by atoms with Gasteiger partial charge in [-0.1, -0.05) is 13.0 Å². The van der Waals surface area contributed by atoms with E-state index in [4.69, 9.17) is 15.8 Å². The summed E-state index contributed by atoms with van der Waals surface area (Å²) in [6.07, 6.45) is 4.59. The van der Waals surface area contributed by atoms with Crippen LogP contribution in [0.3, 0.4) is 0 Å². The first kappa shape index (κ1) is 27.7. The summed E-state index contributed by atoms with van der Waals surface area (Å²) in [5, 5.41) is 4.73. The maximum atomic E-state index is 13.5. The van der Waals surface area contributed by atoms with E-state index in [9.17, 15) is 13.2 Å². The quantitative estimate of drug-likeness (QED) is 0.476. The van der Waals surface area contributed by atoms with Gasteiger partial charge in [0.1, 0.15) is 5.82 Å². The van der Waals surface area contributed by atoms with Crippen LogP contribution in [0.1, 0.15) is 53.0 Å². The molecule has 1 saturated heterocycles. The second-order valence-corrected chi connectivity index (χ2v) is 11.1. The summed E-state index contributed by atoms with van der Waals surface area (Å²) < 4.78 is 28.0. The van der Waals surface area contributed by atoms with Crippen LogP contribution in [0.15, 0.2) is 30.5 Å². The van der Waals surface area contributed by atoms with E-state index >= 15 is 0 Å². The Labute approximate surface area is 218 Å². The predicted molar refractivity (Wildman–Crippen MR) is 145 cm³/mol. The molecule has 10 nitrogen and oxygen atoms in total. The van der Waals surface area contributed by atoms with E-state index < -0.39 is 10.0 Å². The molecule has 0 radical (unpaired) electrons. The number of aryl methyl sites for hydroxylation is 2. The fourth-order valence-corrected chi connectivity index (χ4v) is 5.19. The van der Waals surface area contributed by atoms with Crippen LogP contribution in [0.2, 0.25) is 0 Å². The Bertz CT molecular complexity index is 1380. The smallest absolute Gasteiger partial charge is 0.256 e. The Kier molecular flexibility index (Phi) is 8.17. The van der Waals surface area contributed by atoms with Gasteiger partial charge in [-0.3, -0.25) is 9.52 Å². The van der Waals surface area contributed by atoms with Crippen molar-refractivity contribution in [3.05, 3.63) is 52.8 Å². The number of nitrogens with one attached hydrogen (secondary N) is 1. The summed E-state index contributed by atoms with van der Waals surface area (Å²) in [5.74, 6) is 0.612. The molecule has 0 unspecified atom stereocenters. The number of carbonyl (C=O) groups excluding carboxylic acids is 1. The minimum atomic E-state index is -3.55. The molecule has 2 aromatic heterocycles. The van der Waals surface area contributed by atoms with Crippen LogP contribution in [0.25, 0.3) is 5.65 Å². The van der Waals surface area contributed by atoms with E-state index in [2.05, 4.69) is 9.62 Å². The van der Waals surface area contributed by atoms with Gasteiger partial charge in [0, 0.05) is 44.0 Å². The molecule has 3 N–H and O–H groups in total. The van der Waals surface area contributed by atoms with E-state index in [1.807, 2.05) is 33.0 Å². The minimum Gasteiger partial charge on any atom is -0.355 e. The van der Waals surface area contributed by atoms with Crippen LogP contribution in [0, 0.1) is 13.8 Å². The molecule has 0 aliphatic carbocycles. The number of aromatic nitrogens is 3. The lowest BCUT2D eigenvalue weighted by atomic mass is 10.1. The summed E-state index contributed by atoms with van der Waals surface area (Å²) in [7, 11) is -1.84. The van der Waals surface area contributed by atoms with Crippen molar-refractivity contribution in [1.29, 1.82) is 0 Å². The predicted octanol–water partition coefficient (Wildman–Crippen LogP) is 2.90. The molecule has 12 heteroatoms. The number of anilines is 2. The van der Waals surface area contributed by atoms with Crippen molar-refractivity contribution < 1.29 is 13.2 Å². The van der Waals surface area contributed by atoms with Gasteiger partial charge < -0.3 is 15.5 Å². The topological polar surface area (TPSA) is 126 Å². The zero-order chi connectivity index (χ0) is 25.5. The van der Waals surface area contributed by atoms with Gasteiger partial charge in [0.05, 0.1) is 29.2 Å². The lowest BCUT2D eigenvalue weighted by Crippen LogP contribution is -2.32. The first-order valence-electron chi connectivity index (χ1n) is 11.7. The number of carbonyl (C=O) groups is 1. The normalized spacial score (nSPS) is 16.6. The highest BCUT2D eigenvalue weighted by Gasteiger charge is 2.27. The van der Waals surface area contributed by atoms with Gasteiger partial charge in [-0.05, 0) is 44.4 Å². The number of fused-ring (bicyclic) bond motifs is 1. The van der Waals surface area contributed by atoms with Crippen LogP contribution in [-0.2, 0) is 10.0 Å². The zero-order valence-electron chi connectivity index (χ0n) is 21.2. The van der Waals surface area contributed by atoms with Crippen molar-refractivity contribution in [2.24, 2.45) is 5.73 Å². The van der Waals surface area contributed by atoms with Gasteiger partial charge >= 0.3 is 0 Å². The molecule has 3 heterocycles. The third-order valence-corrected chi connectivity index (χ3v) is 6.96. The maximum absolute atomic E-state index is 13.5. The second kappa shape index (κ2) is 10.6. The van der Waals surface area contributed by atoms with Crippen LogP contribution in [0.4, 0.5) is 11.5 Å². The van der Waals surface area contributed by atoms with Crippen LogP contribution in [0.5, 0.6) is 0 Å². The van der Waals surface area contributed by atoms with Gasteiger partial charge in [-0.25, -0.2) is 17.9 Å². The zero-order valence-corrected chi connectivity index (χ0v) is 22.9. The molecule has 0 saturated carbocycles. The molecule has 1 aliphatic heterocycles. The number of amides is 1. The van der Waals surface area contributed by atoms with Crippen molar-refractivity contribution in [3.63, 3.8) is 0 Å². The van der Waals surface area contributed by atoms with Crippen molar-refractivity contribution in [3.8, 4) is 0 Å². The monoisotopic (exact) mass is 535 g/mol. The highest BCUT2D eigenvalue weighted by Crippen LogP contribution is 2.29. The van der Waals surface area contributed by atoms with E-state index in [1.54, 1.807) is 34.7 Å². The summed E-state index contributed by atoms with van der Waals surface area (Å²) in [6, 6.07) is 6.84. The number of halogens is 1. The fraction of sp³-hybridized carbons (Fsp3) is 0.458. The third-order valence-electron chi connectivity index (χ3n) is 6.37. The van der Waals surface area contributed by atoms with E-state index in [0.29, 0.717) is 12.1 Å². The molecule has 1 fully saturated rings. The lowest BCUT2D eigenvalue weighted by molar-refractivity contribution is 0.0723. The Morgan fingerprint density at radius 2 is 2.03 bits per heavy atom. The molecule has 4 rings (SSSR count). The Balaban J connectivity index is 0.00000361. The van der Waals surface area contributed by atoms with Crippen molar-refractivity contribution in [2.75, 3.05) is 36.0 Å². The molecule has 1 aliphatic rings. The number of nitrogens with zero attached hydrogens (tertiary/aromatic N) is 5. The molecular weight excluding hydrogens is 502 g/mol. The van der Waals surface area contributed by atoms with Gasteiger partial charge in [0.25, 0.3) is 5.91 Å². The molecular formula is C24H34ClN7O3S.